The Morgan fingerprint density at radius 2 is 1.60 bits per heavy atom. The monoisotopic (exact) mass is 425 g/mol. The number of benzene rings is 2. The number of thioether (sulfide) groups is 1. The fourth-order valence-electron chi connectivity index (χ4n) is 3.67. The molecule has 0 spiro atoms. The van der Waals surface area contributed by atoms with Crippen LogP contribution in [0.2, 0.25) is 0 Å². The number of hydrogen-bond donors (Lipinski definition) is 1. The van der Waals surface area contributed by atoms with Gasteiger partial charge in [-0.1, -0.05) is 48.5 Å². The van der Waals surface area contributed by atoms with E-state index >= 15 is 0 Å². The summed E-state index contributed by atoms with van der Waals surface area (Å²) in [7, 11) is 0. The molecule has 1 saturated heterocycles. The molecule has 2 amide bonds. The molecule has 1 fully saturated rings. The van der Waals surface area contributed by atoms with Crippen LogP contribution in [0.15, 0.2) is 60.7 Å². The molecule has 2 aromatic carbocycles. The summed E-state index contributed by atoms with van der Waals surface area (Å²) in [6, 6.07) is 19.1. The number of piperazine rings is 1. The maximum absolute atomic E-state index is 13.1. The molecule has 0 saturated carbocycles. The first-order chi connectivity index (χ1) is 14.7. The molecule has 30 heavy (non-hydrogen) atoms. The molecule has 160 valence electrons. The van der Waals surface area contributed by atoms with Gasteiger partial charge in [0, 0.05) is 38.3 Å². The van der Waals surface area contributed by atoms with Crippen LogP contribution in [0.4, 0.5) is 0 Å². The molecular formula is C24H31N3O2S. The average Bonchev–Trinajstić information content (AvgIpc) is 2.81. The van der Waals surface area contributed by atoms with Crippen molar-refractivity contribution in [3.63, 3.8) is 0 Å². The van der Waals surface area contributed by atoms with Crippen LogP contribution < -0.4 is 5.32 Å². The van der Waals surface area contributed by atoms with Crippen molar-refractivity contribution in [2.45, 2.75) is 18.9 Å². The van der Waals surface area contributed by atoms with Crippen molar-refractivity contribution < 1.29 is 9.59 Å². The third kappa shape index (κ3) is 6.61. The highest BCUT2D eigenvalue weighted by molar-refractivity contribution is 7.98. The van der Waals surface area contributed by atoms with Gasteiger partial charge < -0.3 is 10.2 Å². The molecular weight excluding hydrogens is 394 g/mol. The lowest BCUT2D eigenvalue weighted by molar-refractivity contribution is -0.135. The average molecular weight is 426 g/mol. The second-order valence-corrected chi connectivity index (χ2v) is 8.56. The van der Waals surface area contributed by atoms with E-state index in [-0.39, 0.29) is 11.8 Å². The minimum Gasteiger partial charge on any atom is -0.340 e. The maximum atomic E-state index is 13.1. The number of hydrogen-bond acceptors (Lipinski definition) is 4. The SMILES string of the molecule is CSCCC(NC(=O)c1ccccc1)C(=O)N1CCN(CCc2ccccc2)CC1. The molecule has 1 aliphatic rings. The zero-order chi connectivity index (χ0) is 21.2. The van der Waals surface area contributed by atoms with E-state index in [1.165, 1.54) is 5.56 Å². The van der Waals surface area contributed by atoms with Gasteiger partial charge in [0.2, 0.25) is 5.91 Å². The van der Waals surface area contributed by atoms with Gasteiger partial charge in [-0.15, -0.1) is 0 Å². The fraction of sp³-hybridized carbons (Fsp3) is 0.417. The van der Waals surface area contributed by atoms with Gasteiger partial charge in [0.15, 0.2) is 0 Å². The van der Waals surface area contributed by atoms with Crippen LogP contribution in [0.5, 0.6) is 0 Å². The van der Waals surface area contributed by atoms with Gasteiger partial charge >= 0.3 is 0 Å². The first-order valence-electron chi connectivity index (χ1n) is 10.6. The van der Waals surface area contributed by atoms with Crippen molar-refractivity contribution in [3.8, 4) is 0 Å². The fourth-order valence-corrected chi connectivity index (χ4v) is 4.14. The van der Waals surface area contributed by atoms with E-state index in [1.54, 1.807) is 23.9 Å². The van der Waals surface area contributed by atoms with Crippen molar-refractivity contribution >= 4 is 23.6 Å². The van der Waals surface area contributed by atoms with Crippen molar-refractivity contribution in [3.05, 3.63) is 71.8 Å². The summed E-state index contributed by atoms with van der Waals surface area (Å²) >= 11 is 1.69. The summed E-state index contributed by atoms with van der Waals surface area (Å²) < 4.78 is 0. The van der Waals surface area contributed by atoms with Crippen molar-refractivity contribution in [1.82, 2.24) is 15.1 Å². The molecule has 1 heterocycles. The van der Waals surface area contributed by atoms with Crippen LogP contribution in [0.1, 0.15) is 22.3 Å². The quantitative estimate of drug-likeness (QED) is 0.671. The van der Waals surface area contributed by atoms with Gasteiger partial charge in [-0.2, -0.15) is 11.8 Å². The van der Waals surface area contributed by atoms with Gasteiger partial charge in [0.05, 0.1) is 0 Å². The Bertz CT molecular complexity index is 793. The van der Waals surface area contributed by atoms with Crippen LogP contribution >= 0.6 is 11.8 Å². The molecule has 0 radical (unpaired) electrons. The predicted octanol–water partition coefficient (Wildman–Crippen LogP) is 2.93. The maximum Gasteiger partial charge on any atom is 0.251 e. The van der Waals surface area contributed by atoms with E-state index in [9.17, 15) is 9.59 Å². The number of rotatable bonds is 9. The zero-order valence-corrected chi connectivity index (χ0v) is 18.4. The molecule has 0 aromatic heterocycles. The third-order valence-corrected chi connectivity index (χ3v) is 6.14. The smallest absolute Gasteiger partial charge is 0.251 e. The lowest BCUT2D eigenvalue weighted by Gasteiger charge is -2.36. The van der Waals surface area contributed by atoms with Crippen molar-refractivity contribution in [2.75, 3.05) is 44.7 Å². The van der Waals surface area contributed by atoms with Gasteiger partial charge in [0.1, 0.15) is 6.04 Å². The highest BCUT2D eigenvalue weighted by Crippen LogP contribution is 2.11. The van der Waals surface area contributed by atoms with Gasteiger partial charge in [-0.25, -0.2) is 0 Å². The van der Waals surface area contributed by atoms with Crippen LogP contribution in [0.3, 0.4) is 0 Å². The lowest BCUT2D eigenvalue weighted by Crippen LogP contribution is -2.55. The summed E-state index contributed by atoms with van der Waals surface area (Å²) in [6.45, 7) is 4.18. The molecule has 1 unspecified atom stereocenters. The Labute approximate surface area is 183 Å². The van der Waals surface area contributed by atoms with Crippen molar-refractivity contribution in [2.24, 2.45) is 0 Å². The predicted molar refractivity (Wildman–Crippen MR) is 124 cm³/mol. The molecule has 0 aliphatic carbocycles. The molecule has 2 aromatic rings. The van der Waals surface area contributed by atoms with Gasteiger partial charge in [-0.3, -0.25) is 14.5 Å². The second-order valence-electron chi connectivity index (χ2n) is 7.58. The highest BCUT2D eigenvalue weighted by Gasteiger charge is 2.28. The first-order valence-corrected chi connectivity index (χ1v) is 12.0. The Balaban J connectivity index is 1.51. The largest absolute Gasteiger partial charge is 0.340 e. The number of carbonyl (C=O) groups excluding carboxylic acids is 2. The molecule has 6 heteroatoms. The Kier molecular flexibility index (Phi) is 8.78. The number of nitrogens with zero attached hydrogens (tertiary/aromatic N) is 2. The van der Waals surface area contributed by atoms with Crippen LogP contribution in [0, 0.1) is 0 Å². The molecule has 1 N–H and O–H groups in total. The Hall–Kier alpha value is -2.31. The summed E-state index contributed by atoms with van der Waals surface area (Å²) in [6.07, 6.45) is 3.69. The standard InChI is InChI=1S/C24H31N3O2S/c1-30-19-13-22(25-23(28)21-10-6-3-7-11-21)24(29)27-17-15-26(16-18-27)14-12-20-8-4-2-5-9-20/h2-11,22H,12-19H2,1H3,(H,25,28). The number of amides is 2. The lowest BCUT2D eigenvalue weighted by atomic mass is 10.1. The summed E-state index contributed by atoms with van der Waals surface area (Å²) in [5.74, 6) is 0.690. The van der Waals surface area contributed by atoms with Crippen LogP contribution in [0.25, 0.3) is 0 Å². The summed E-state index contributed by atoms with van der Waals surface area (Å²) in [5, 5.41) is 2.97. The van der Waals surface area contributed by atoms with E-state index in [2.05, 4.69) is 34.5 Å². The summed E-state index contributed by atoms with van der Waals surface area (Å²) in [5.41, 5.74) is 1.93. The van der Waals surface area contributed by atoms with Gasteiger partial charge in [0.25, 0.3) is 5.91 Å². The number of carbonyl (C=O) groups is 2. The topological polar surface area (TPSA) is 52.7 Å². The highest BCUT2D eigenvalue weighted by atomic mass is 32.2. The third-order valence-electron chi connectivity index (χ3n) is 5.49. The number of nitrogens with one attached hydrogen (secondary N) is 1. The van der Waals surface area contributed by atoms with Crippen molar-refractivity contribution in [1.29, 1.82) is 0 Å². The van der Waals surface area contributed by atoms with E-state index < -0.39 is 6.04 Å². The first kappa shape index (κ1) is 22.4. The van der Waals surface area contributed by atoms with Crippen LogP contribution in [-0.2, 0) is 11.2 Å². The Morgan fingerprint density at radius 1 is 0.967 bits per heavy atom. The molecule has 1 atom stereocenters. The zero-order valence-electron chi connectivity index (χ0n) is 17.6. The molecule has 1 aliphatic heterocycles. The second kappa shape index (κ2) is 11.8. The summed E-state index contributed by atoms with van der Waals surface area (Å²) in [4.78, 5) is 30.0. The van der Waals surface area contributed by atoms with E-state index in [0.29, 0.717) is 25.1 Å². The van der Waals surface area contributed by atoms with E-state index in [1.807, 2.05) is 35.4 Å². The molecule has 5 nitrogen and oxygen atoms in total. The minimum absolute atomic E-state index is 0.0380. The van der Waals surface area contributed by atoms with Gasteiger partial charge in [-0.05, 0) is 42.5 Å². The van der Waals surface area contributed by atoms with Crippen LogP contribution in [-0.4, -0.2) is 72.4 Å². The Morgan fingerprint density at radius 3 is 2.23 bits per heavy atom. The minimum atomic E-state index is -0.471. The molecule has 0 bridgehead atoms. The van der Waals surface area contributed by atoms with E-state index in [4.69, 9.17) is 0 Å². The van der Waals surface area contributed by atoms with E-state index in [0.717, 1.165) is 31.8 Å². The normalized spacial score (nSPS) is 15.6. The molecule has 3 rings (SSSR count).